The molecule has 0 bridgehead atoms. The lowest BCUT2D eigenvalue weighted by Crippen LogP contribution is -2.05. The van der Waals surface area contributed by atoms with Crippen LogP contribution in [0.1, 0.15) is 318 Å². The summed E-state index contributed by atoms with van der Waals surface area (Å²) in [6, 6.07) is 19.0. The monoisotopic (exact) mass is 1240 g/mol. The van der Waals surface area contributed by atoms with Crippen LogP contribution < -0.4 is 18.9 Å². The number of ether oxygens (including phenoxy) is 4. The molecule has 0 unspecified atom stereocenters. The first kappa shape index (κ1) is 75.7. The molecule has 0 aliphatic carbocycles. The fourth-order valence-corrected chi connectivity index (χ4v) is 12.6. The van der Waals surface area contributed by atoms with Crippen LogP contribution in [0.4, 0.5) is 8.78 Å². The molecular formula is C82H126F2N2O4. The number of halogens is 2. The summed E-state index contributed by atoms with van der Waals surface area (Å²) >= 11 is 0. The minimum Gasteiger partial charge on any atom is -0.490 e. The highest BCUT2D eigenvalue weighted by atomic mass is 19.1. The molecule has 0 fully saturated rings. The van der Waals surface area contributed by atoms with Crippen molar-refractivity contribution in [3.63, 3.8) is 0 Å². The first-order valence-electron chi connectivity index (χ1n) is 37.4. The van der Waals surface area contributed by atoms with Crippen LogP contribution in [0.2, 0.25) is 0 Å². The quantitative estimate of drug-likeness (QED) is 0.0362. The molecule has 5 aromatic rings. The van der Waals surface area contributed by atoms with Gasteiger partial charge >= 0.3 is 0 Å². The van der Waals surface area contributed by atoms with Crippen molar-refractivity contribution in [1.82, 2.24) is 9.97 Å². The normalized spacial score (nSPS) is 11.5. The van der Waals surface area contributed by atoms with Crippen LogP contribution in [0.3, 0.4) is 0 Å². The van der Waals surface area contributed by atoms with Gasteiger partial charge in [0, 0.05) is 29.6 Å². The van der Waals surface area contributed by atoms with Crippen molar-refractivity contribution in [3.8, 4) is 45.5 Å². The van der Waals surface area contributed by atoms with E-state index in [1.165, 1.54) is 242 Å². The molecule has 5 rings (SSSR count). The van der Waals surface area contributed by atoms with Gasteiger partial charge in [0.2, 0.25) is 0 Å². The lowest BCUT2D eigenvalue weighted by molar-refractivity contribution is 0.256. The molecule has 0 aliphatic rings. The van der Waals surface area contributed by atoms with Crippen LogP contribution in [-0.2, 0) is 25.7 Å². The van der Waals surface area contributed by atoms with E-state index >= 15 is 8.78 Å². The molecule has 2 aromatic heterocycles. The Labute approximate surface area is 549 Å². The number of hydrogen-bond donors (Lipinski definition) is 0. The largest absolute Gasteiger partial charge is 0.490 e. The van der Waals surface area contributed by atoms with E-state index < -0.39 is 11.6 Å². The number of aryl methyl sites for hydroxylation is 6. The maximum atomic E-state index is 15.7. The number of unbranched alkanes of at least 4 members (excludes halogenated alkanes) is 36. The first-order valence-corrected chi connectivity index (χ1v) is 37.4. The fraction of sp³-hybridized carbons (Fsp3) is 0.659. The van der Waals surface area contributed by atoms with Crippen molar-refractivity contribution in [2.24, 2.45) is 0 Å². The van der Waals surface area contributed by atoms with Crippen molar-refractivity contribution >= 4 is 0 Å². The van der Waals surface area contributed by atoms with Crippen molar-refractivity contribution in [2.75, 3.05) is 26.4 Å². The summed E-state index contributed by atoms with van der Waals surface area (Å²) < 4.78 is 57.4. The summed E-state index contributed by atoms with van der Waals surface area (Å²) in [5, 5.41) is 0. The highest BCUT2D eigenvalue weighted by Gasteiger charge is 2.18. The van der Waals surface area contributed by atoms with E-state index in [4.69, 9.17) is 28.9 Å². The molecule has 90 heavy (non-hydrogen) atoms. The molecule has 0 radical (unpaired) electrons. The second-order valence-corrected chi connectivity index (χ2v) is 26.5. The standard InChI is InChI=1S/C82H126F2N2O4/c1-7-11-15-19-23-27-31-35-39-43-55-87-79-61-71(59-67(5)81(79)89-57-45-41-37-33-29-25-21-17-13-9-3)49-47-69-51-53-77(85-65-69)73-63-74(76(84)64-75(73)83)78-54-52-70(66-86-78)48-50-72-60-68(6)82(90-58-46-42-38-34-30-26-22-18-14-10-4)80(62-72)88-56-44-40-36-32-28-24-20-16-12-8-2/h51-54,59-66H,7-50,55-58H2,1-6H3. The predicted molar refractivity (Wildman–Crippen MR) is 379 cm³/mol. The highest BCUT2D eigenvalue weighted by molar-refractivity contribution is 5.70. The van der Waals surface area contributed by atoms with Crippen LogP contribution in [0.5, 0.6) is 23.0 Å². The van der Waals surface area contributed by atoms with Gasteiger partial charge in [-0.05, 0) is 129 Å². The van der Waals surface area contributed by atoms with E-state index in [9.17, 15) is 0 Å². The molecule has 0 aliphatic heterocycles. The van der Waals surface area contributed by atoms with Gasteiger partial charge < -0.3 is 18.9 Å². The number of aromatic nitrogens is 2. The summed E-state index contributed by atoms with van der Waals surface area (Å²) in [7, 11) is 0. The topological polar surface area (TPSA) is 62.7 Å². The Morgan fingerprint density at radius 1 is 0.289 bits per heavy atom. The van der Waals surface area contributed by atoms with Gasteiger partial charge in [-0.15, -0.1) is 0 Å². The van der Waals surface area contributed by atoms with E-state index in [0.717, 1.165) is 103 Å². The van der Waals surface area contributed by atoms with Gasteiger partial charge in [-0.2, -0.15) is 0 Å². The first-order chi connectivity index (χ1) is 44.2. The van der Waals surface area contributed by atoms with Gasteiger partial charge in [-0.3, -0.25) is 9.97 Å². The van der Waals surface area contributed by atoms with Crippen LogP contribution in [0.15, 0.2) is 73.1 Å². The summed E-state index contributed by atoms with van der Waals surface area (Å²) in [6.45, 7) is 16.2. The summed E-state index contributed by atoms with van der Waals surface area (Å²) in [6.07, 6.45) is 58.4. The van der Waals surface area contributed by atoms with Gasteiger partial charge in [0.25, 0.3) is 0 Å². The Morgan fingerprint density at radius 3 is 0.833 bits per heavy atom. The highest BCUT2D eigenvalue weighted by Crippen LogP contribution is 2.37. The maximum absolute atomic E-state index is 15.7. The number of benzene rings is 3. The van der Waals surface area contributed by atoms with E-state index in [1.807, 2.05) is 36.7 Å². The smallest absolute Gasteiger partial charge is 0.164 e. The molecule has 0 saturated carbocycles. The second kappa shape index (κ2) is 48.7. The second-order valence-electron chi connectivity index (χ2n) is 26.5. The Hall–Kier alpha value is -4.98. The zero-order chi connectivity index (χ0) is 63.9. The molecule has 0 amide bonds. The Balaban J connectivity index is 1.16. The zero-order valence-electron chi connectivity index (χ0n) is 58.2. The lowest BCUT2D eigenvalue weighted by Gasteiger charge is -2.17. The molecule has 3 aromatic carbocycles. The minimum absolute atomic E-state index is 0.245. The average molecular weight is 1240 g/mol. The number of rotatable bonds is 56. The molecule has 0 atom stereocenters. The van der Waals surface area contributed by atoms with Crippen LogP contribution >= 0.6 is 0 Å². The Morgan fingerprint density at radius 2 is 0.556 bits per heavy atom. The summed E-state index contributed by atoms with van der Waals surface area (Å²) in [5.74, 6) is 2.14. The zero-order valence-corrected chi connectivity index (χ0v) is 58.2. The number of nitrogens with zero attached hydrogens (tertiary/aromatic N) is 2. The molecular weight excluding hydrogens is 1110 g/mol. The third-order valence-corrected chi connectivity index (χ3v) is 18.3. The van der Waals surface area contributed by atoms with Crippen LogP contribution in [0.25, 0.3) is 22.5 Å². The molecule has 502 valence electrons. The Kier molecular flexibility index (Phi) is 41.0. The van der Waals surface area contributed by atoms with Gasteiger partial charge in [0.05, 0.1) is 37.8 Å². The summed E-state index contributed by atoms with van der Waals surface area (Å²) in [4.78, 5) is 9.47. The van der Waals surface area contributed by atoms with Crippen molar-refractivity contribution in [3.05, 3.63) is 118 Å². The van der Waals surface area contributed by atoms with E-state index in [2.05, 4.69) is 65.8 Å². The molecule has 6 nitrogen and oxygen atoms in total. The minimum atomic E-state index is -0.651. The molecule has 0 N–H and O–H groups in total. The average Bonchev–Trinajstić information content (AvgIpc) is 1.30. The molecule has 0 spiro atoms. The lowest BCUT2D eigenvalue weighted by atomic mass is 10.00. The maximum Gasteiger partial charge on any atom is 0.164 e. The molecule has 8 heteroatoms. The van der Waals surface area contributed by atoms with Gasteiger partial charge in [-0.1, -0.05) is 283 Å². The van der Waals surface area contributed by atoms with Crippen LogP contribution in [0, 0.1) is 25.5 Å². The van der Waals surface area contributed by atoms with Crippen molar-refractivity contribution in [1.29, 1.82) is 0 Å². The third kappa shape index (κ3) is 31.6. The van der Waals surface area contributed by atoms with Crippen LogP contribution in [-0.4, -0.2) is 36.4 Å². The third-order valence-electron chi connectivity index (χ3n) is 18.3. The van der Waals surface area contributed by atoms with Crippen molar-refractivity contribution in [2.45, 2.75) is 324 Å². The van der Waals surface area contributed by atoms with Crippen molar-refractivity contribution < 1.29 is 27.7 Å². The van der Waals surface area contributed by atoms with Gasteiger partial charge in [0.1, 0.15) is 11.6 Å². The molecule has 2 heterocycles. The predicted octanol–water partition coefficient (Wildman–Crippen LogP) is 25.5. The fourth-order valence-electron chi connectivity index (χ4n) is 12.6. The van der Waals surface area contributed by atoms with E-state index in [1.54, 1.807) is 6.07 Å². The number of hydrogen-bond acceptors (Lipinski definition) is 6. The van der Waals surface area contributed by atoms with E-state index in [0.29, 0.717) is 37.8 Å². The van der Waals surface area contributed by atoms with Gasteiger partial charge in [-0.25, -0.2) is 8.78 Å². The Bertz CT molecular complexity index is 2430. The number of pyridine rings is 2. The van der Waals surface area contributed by atoms with Gasteiger partial charge in [0.15, 0.2) is 23.0 Å². The summed E-state index contributed by atoms with van der Waals surface area (Å²) in [5.41, 5.74) is 8.05. The SMILES string of the molecule is CCCCCCCCCCCCOc1cc(CCc2ccc(-c3cc(-c4ccc(CCc5cc(C)c(OCCCCCCCCCCCC)c(OCCCCCCCCCCCC)c5)cn4)c(F)cc3F)nc2)cc(C)c1OCCCCCCCCCCCC. The van der Waals surface area contributed by atoms with E-state index in [-0.39, 0.29) is 11.1 Å². The molecule has 0 saturated heterocycles.